The van der Waals surface area contributed by atoms with Gasteiger partial charge in [-0.25, -0.2) is 10.2 Å². The number of carbonyl (C=O) groups is 2. The second-order valence-electron chi connectivity index (χ2n) is 6.88. The van der Waals surface area contributed by atoms with E-state index in [1.807, 2.05) is 4.90 Å². The van der Waals surface area contributed by atoms with Crippen LogP contribution in [0.25, 0.3) is 0 Å². The topological polar surface area (TPSA) is 110 Å². The first-order valence-electron chi connectivity index (χ1n) is 9.80. The van der Waals surface area contributed by atoms with Gasteiger partial charge in [-0.2, -0.15) is 5.10 Å². The normalized spacial score (nSPS) is 14.4. The Morgan fingerprint density at radius 3 is 2.58 bits per heavy atom. The number of methoxy groups -OCH3 is 1. The maximum Gasteiger partial charge on any atom is 0.335 e. The molecule has 1 aliphatic rings. The Hall–Kier alpha value is -3.43. The molecule has 2 N–H and O–H groups in total. The van der Waals surface area contributed by atoms with E-state index in [4.69, 9.17) is 19.3 Å². The van der Waals surface area contributed by atoms with Crippen LogP contribution in [0.4, 0.5) is 0 Å². The molecule has 0 unspecified atom stereocenters. The zero-order chi connectivity index (χ0) is 22.1. The minimum Gasteiger partial charge on any atom is -0.493 e. The Morgan fingerprint density at radius 1 is 1.16 bits per heavy atom. The second kappa shape index (κ2) is 11.1. The lowest BCUT2D eigenvalue weighted by Crippen LogP contribution is -2.42. The third kappa shape index (κ3) is 6.80. The van der Waals surface area contributed by atoms with Crippen LogP contribution < -0.4 is 14.9 Å². The molecule has 1 heterocycles. The first kappa shape index (κ1) is 22.3. The first-order valence-corrected chi connectivity index (χ1v) is 9.80. The molecule has 1 amide bonds. The quantitative estimate of drug-likeness (QED) is 0.463. The average molecular weight is 427 g/mol. The van der Waals surface area contributed by atoms with E-state index in [-0.39, 0.29) is 24.6 Å². The van der Waals surface area contributed by atoms with Crippen molar-refractivity contribution in [3.05, 3.63) is 59.2 Å². The summed E-state index contributed by atoms with van der Waals surface area (Å²) >= 11 is 0. The van der Waals surface area contributed by atoms with E-state index in [0.717, 1.165) is 24.2 Å². The number of carbonyl (C=O) groups excluding carboxylic acids is 1. The lowest BCUT2D eigenvalue weighted by atomic mass is 10.1. The van der Waals surface area contributed by atoms with Crippen LogP contribution in [0.2, 0.25) is 0 Å². The highest BCUT2D eigenvalue weighted by molar-refractivity contribution is 5.87. The van der Waals surface area contributed by atoms with E-state index in [2.05, 4.69) is 10.5 Å². The van der Waals surface area contributed by atoms with Crippen molar-refractivity contribution < 1.29 is 28.9 Å². The Morgan fingerprint density at radius 2 is 1.90 bits per heavy atom. The molecular formula is C22H25N3O6. The van der Waals surface area contributed by atoms with Gasteiger partial charge in [0.05, 0.1) is 38.6 Å². The molecule has 0 bridgehead atoms. The predicted octanol–water partition coefficient (Wildman–Crippen LogP) is 1.75. The van der Waals surface area contributed by atoms with Crippen molar-refractivity contribution in [1.29, 1.82) is 0 Å². The zero-order valence-corrected chi connectivity index (χ0v) is 17.2. The van der Waals surface area contributed by atoms with E-state index >= 15 is 0 Å². The summed E-state index contributed by atoms with van der Waals surface area (Å²) in [5.41, 5.74) is 4.32. The molecule has 1 aliphatic heterocycles. The fourth-order valence-corrected chi connectivity index (χ4v) is 2.96. The number of carboxylic acids is 1. The van der Waals surface area contributed by atoms with Crippen molar-refractivity contribution >= 4 is 18.1 Å². The summed E-state index contributed by atoms with van der Waals surface area (Å²) in [6.45, 7) is 3.29. The molecular weight excluding hydrogens is 402 g/mol. The van der Waals surface area contributed by atoms with E-state index in [1.54, 1.807) is 30.3 Å². The summed E-state index contributed by atoms with van der Waals surface area (Å²) in [5.74, 6) is -0.0910. The number of hydrogen-bond acceptors (Lipinski definition) is 7. The van der Waals surface area contributed by atoms with Gasteiger partial charge in [0.25, 0.3) is 5.91 Å². The van der Waals surface area contributed by atoms with Crippen molar-refractivity contribution in [3.8, 4) is 11.5 Å². The summed E-state index contributed by atoms with van der Waals surface area (Å²) in [6, 6.07) is 11.8. The van der Waals surface area contributed by atoms with Gasteiger partial charge in [-0.15, -0.1) is 0 Å². The van der Waals surface area contributed by atoms with Crippen LogP contribution in [0.15, 0.2) is 47.6 Å². The minimum atomic E-state index is -0.969. The molecule has 0 atom stereocenters. The third-order valence-corrected chi connectivity index (χ3v) is 4.66. The van der Waals surface area contributed by atoms with Crippen LogP contribution >= 0.6 is 0 Å². The zero-order valence-electron chi connectivity index (χ0n) is 17.2. The number of amides is 1. The van der Waals surface area contributed by atoms with E-state index in [1.165, 1.54) is 25.5 Å². The fourth-order valence-electron chi connectivity index (χ4n) is 2.96. The highest BCUT2D eigenvalue weighted by Gasteiger charge is 2.13. The standard InChI is InChI=1S/C22H25N3O6/c1-29-20-12-17(13-23-24-21(26)14-25-8-10-30-11-9-25)4-7-19(20)31-15-16-2-5-18(6-3-16)22(27)28/h2-7,12-13H,8-11,14-15H2,1H3,(H,24,26)(H,27,28)/b23-13+. The first-order chi connectivity index (χ1) is 15.0. The monoisotopic (exact) mass is 427 g/mol. The molecule has 1 fully saturated rings. The molecule has 9 heteroatoms. The summed E-state index contributed by atoms with van der Waals surface area (Å²) in [5, 5.41) is 13.0. The largest absolute Gasteiger partial charge is 0.493 e. The van der Waals surface area contributed by atoms with Crippen LogP contribution in [0.5, 0.6) is 11.5 Å². The third-order valence-electron chi connectivity index (χ3n) is 4.66. The predicted molar refractivity (Wildman–Crippen MR) is 114 cm³/mol. The lowest BCUT2D eigenvalue weighted by molar-refractivity contribution is -0.123. The number of nitrogens with one attached hydrogen (secondary N) is 1. The summed E-state index contributed by atoms with van der Waals surface area (Å²) in [6.07, 6.45) is 1.54. The number of benzene rings is 2. The van der Waals surface area contributed by atoms with Gasteiger partial charge < -0.3 is 19.3 Å². The van der Waals surface area contributed by atoms with Crippen LogP contribution in [0.1, 0.15) is 21.5 Å². The smallest absolute Gasteiger partial charge is 0.335 e. The number of morpholine rings is 1. The SMILES string of the molecule is COc1cc(/C=N/NC(=O)CN2CCOCC2)ccc1OCc1ccc(C(=O)O)cc1. The van der Waals surface area contributed by atoms with Crippen LogP contribution in [-0.4, -0.2) is 68.1 Å². The van der Waals surface area contributed by atoms with Crippen LogP contribution in [0.3, 0.4) is 0 Å². The Balaban J connectivity index is 1.53. The number of aromatic carboxylic acids is 1. The van der Waals surface area contributed by atoms with Gasteiger partial charge in [-0.1, -0.05) is 12.1 Å². The maximum atomic E-state index is 12.0. The minimum absolute atomic E-state index is 0.181. The second-order valence-corrected chi connectivity index (χ2v) is 6.88. The van der Waals surface area contributed by atoms with Crippen molar-refractivity contribution in [1.82, 2.24) is 10.3 Å². The molecule has 0 aromatic heterocycles. The van der Waals surface area contributed by atoms with E-state index < -0.39 is 5.97 Å². The number of nitrogens with zero attached hydrogens (tertiary/aromatic N) is 2. The molecule has 2 aromatic rings. The highest BCUT2D eigenvalue weighted by atomic mass is 16.5. The number of ether oxygens (including phenoxy) is 3. The number of carboxylic acid groups (broad SMARTS) is 1. The van der Waals surface area contributed by atoms with Crippen molar-refractivity contribution in [2.24, 2.45) is 5.10 Å². The molecule has 0 saturated carbocycles. The lowest BCUT2D eigenvalue weighted by Gasteiger charge is -2.25. The molecule has 2 aromatic carbocycles. The van der Waals surface area contributed by atoms with Gasteiger partial charge in [-0.05, 0) is 41.5 Å². The van der Waals surface area contributed by atoms with Gasteiger partial charge in [0.1, 0.15) is 6.61 Å². The Kier molecular flexibility index (Phi) is 7.97. The van der Waals surface area contributed by atoms with Crippen LogP contribution in [-0.2, 0) is 16.1 Å². The Bertz CT molecular complexity index is 923. The van der Waals surface area contributed by atoms with Crippen molar-refractivity contribution in [3.63, 3.8) is 0 Å². The van der Waals surface area contributed by atoms with Gasteiger partial charge >= 0.3 is 5.97 Å². The molecule has 31 heavy (non-hydrogen) atoms. The van der Waals surface area contributed by atoms with Gasteiger partial charge in [0.2, 0.25) is 0 Å². The summed E-state index contributed by atoms with van der Waals surface area (Å²) in [7, 11) is 1.54. The Labute approximate surface area is 180 Å². The van der Waals surface area contributed by atoms with Gasteiger partial charge in [-0.3, -0.25) is 9.69 Å². The van der Waals surface area contributed by atoms with Gasteiger partial charge in [0.15, 0.2) is 11.5 Å². The molecule has 9 nitrogen and oxygen atoms in total. The van der Waals surface area contributed by atoms with Gasteiger partial charge in [0, 0.05) is 13.1 Å². The molecule has 0 aliphatic carbocycles. The number of hydrogen-bond donors (Lipinski definition) is 2. The van der Waals surface area contributed by atoms with E-state index in [0.29, 0.717) is 24.7 Å². The average Bonchev–Trinajstić information content (AvgIpc) is 2.79. The highest BCUT2D eigenvalue weighted by Crippen LogP contribution is 2.28. The fraction of sp³-hybridized carbons (Fsp3) is 0.318. The molecule has 0 spiro atoms. The van der Waals surface area contributed by atoms with E-state index in [9.17, 15) is 9.59 Å². The molecule has 0 radical (unpaired) electrons. The van der Waals surface area contributed by atoms with Crippen molar-refractivity contribution in [2.75, 3.05) is 40.0 Å². The summed E-state index contributed by atoms with van der Waals surface area (Å²) in [4.78, 5) is 24.9. The summed E-state index contributed by atoms with van der Waals surface area (Å²) < 4.78 is 16.4. The van der Waals surface area contributed by atoms with Crippen LogP contribution in [0, 0.1) is 0 Å². The number of rotatable bonds is 9. The molecule has 1 saturated heterocycles. The maximum absolute atomic E-state index is 12.0. The number of hydrazone groups is 1. The molecule has 3 rings (SSSR count). The molecule has 164 valence electrons. The van der Waals surface area contributed by atoms with Crippen molar-refractivity contribution in [2.45, 2.75) is 6.61 Å².